The van der Waals surface area contributed by atoms with E-state index in [-0.39, 0.29) is 0 Å². The van der Waals surface area contributed by atoms with Gasteiger partial charge in [0.1, 0.15) is 0 Å². The van der Waals surface area contributed by atoms with Gasteiger partial charge in [-0.2, -0.15) is 0 Å². The van der Waals surface area contributed by atoms with Crippen molar-refractivity contribution in [1.29, 1.82) is 0 Å². The predicted octanol–water partition coefficient (Wildman–Crippen LogP) is 6.47. The summed E-state index contributed by atoms with van der Waals surface area (Å²) in [6, 6.07) is 6.96. The average Bonchev–Trinajstić information content (AvgIpc) is 3.38. The van der Waals surface area contributed by atoms with E-state index in [4.69, 9.17) is 0 Å². The van der Waals surface area contributed by atoms with Crippen molar-refractivity contribution in [2.75, 3.05) is 24.5 Å². The molecule has 0 spiro atoms. The molecule has 0 aromatic heterocycles. The monoisotopic (exact) mass is 508 g/mol. The number of ketones is 2. The van der Waals surface area contributed by atoms with Crippen LogP contribution in [0, 0.1) is 17.8 Å². The second-order valence-electron chi connectivity index (χ2n) is 12.5. The van der Waals surface area contributed by atoms with Gasteiger partial charge in [-0.05, 0) is 129 Å². The first-order valence-corrected chi connectivity index (χ1v) is 15.1. The van der Waals surface area contributed by atoms with Crippen LogP contribution in [-0.4, -0.2) is 36.1 Å². The Balaban J connectivity index is 1.10. The first kappa shape index (κ1) is 24.2. The van der Waals surface area contributed by atoms with E-state index in [1.165, 1.54) is 65.0 Å². The number of hydrogen-bond acceptors (Lipinski definition) is 4. The van der Waals surface area contributed by atoms with Gasteiger partial charge in [-0.15, -0.1) is 0 Å². The van der Waals surface area contributed by atoms with Gasteiger partial charge in [0.05, 0.1) is 0 Å². The lowest BCUT2D eigenvalue weighted by Gasteiger charge is -2.39. The van der Waals surface area contributed by atoms with Crippen LogP contribution in [0.15, 0.2) is 65.0 Å². The van der Waals surface area contributed by atoms with Gasteiger partial charge in [0, 0.05) is 49.6 Å². The van der Waals surface area contributed by atoms with E-state index in [9.17, 15) is 9.59 Å². The molecule has 2 heterocycles. The maximum absolute atomic E-state index is 12.1. The number of para-hydroxylation sites is 1. The van der Waals surface area contributed by atoms with Crippen LogP contribution in [-0.2, 0) is 22.4 Å². The zero-order valence-electron chi connectivity index (χ0n) is 22.6. The van der Waals surface area contributed by atoms with Crippen molar-refractivity contribution in [2.45, 2.75) is 77.0 Å². The van der Waals surface area contributed by atoms with Crippen LogP contribution in [0.3, 0.4) is 0 Å². The van der Waals surface area contributed by atoms with Gasteiger partial charge < -0.3 is 9.80 Å². The number of benzene rings is 1. The van der Waals surface area contributed by atoms with Crippen molar-refractivity contribution < 1.29 is 9.59 Å². The van der Waals surface area contributed by atoms with E-state index >= 15 is 0 Å². The summed E-state index contributed by atoms with van der Waals surface area (Å²) in [5, 5.41) is 0. The summed E-state index contributed by atoms with van der Waals surface area (Å²) >= 11 is 0. The minimum absolute atomic E-state index is 0.299. The number of carbonyl (C=O) groups excluding carboxylic acids is 2. The summed E-state index contributed by atoms with van der Waals surface area (Å²) in [5.74, 6) is 2.44. The lowest BCUT2D eigenvalue weighted by Crippen LogP contribution is -2.37. The van der Waals surface area contributed by atoms with Gasteiger partial charge >= 0.3 is 0 Å². The number of carbonyl (C=O) groups is 2. The molecule has 38 heavy (non-hydrogen) atoms. The smallest absolute Gasteiger partial charge is 0.155 e. The molecule has 198 valence electrons. The van der Waals surface area contributed by atoms with E-state index in [1.807, 2.05) is 12.2 Å². The Bertz CT molecular complexity index is 1280. The van der Waals surface area contributed by atoms with Crippen molar-refractivity contribution in [2.24, 2.45) is 17.8 Å². The van der Waals surface area contributed by atoms with E-state index in [1.54, 1.807) is 0 Å². The number of anilines is 1. The summed E-state index contributed by atoms with van der Waals surface area (Å²) in [5.41, 5.74) is 9.89. The molecular formula is C34H40N2O2. The van der Waals surface area contributed by atoms with Crippen molar-refractivity contribution >= 4 is 17.3 Å². The Morgan fingerprint density at radius 3 is 2.16 bits per heavy atom. The van der Waals surface area contributed by atoms with E-state index in [2.05, 4.69) is 40.2 Å². The molecule has 3 unspecified atom stereocenters. The molecule has 1 fully saturated rings. The highest BCUT2D eigenvalue weighted by molar-refractivity contribution is 5.92. The molecule has 0 N–H and O–H groups in total. The average molecular weight is 509 g/mol. The molecule has 3 atom stereocenters. The molecular weight excluding hydrogens is 468 g/mol. The van der Waals surface area contributed by atoms with Gasteiger partial charge in [-0.3, -0.25) is 9.59 Å². The first-order chi connectivity index (χ1) is 18.6. The maximum Gasteiger partial charge on any atom is 0.155 e. The van der Waals surface area contributed by atoms with Crippen LogP contribution >= 0.6 is 0 Å². The van der Waals surface area contributed by atoms with Crippen LogP contribution in [0.25, 0.3) is 0 Å². The van der Waals surface area contributed by atoms with Crippen LogP contribution in [0.5, 0.6) is 0 Å². The van der Waals surface area contributed by atoms with Crippen molar-refractivity contribution in [3.63, 3.8) is 0 Å². The maximum atomic E-state index is 12.1. The predicted molar refractivity (Wildman–Crippen MR) is 152 cm³/mol. The SMILES string of the molecule is O=C1C=C2C=C(N3CCCC(Cc4cccc5c4N(C4=CC6=CC(=O)CCC6CC4)CC5)C3)CCC2CC1. The van der Waals surface area contributed by atoms with Crippen LogP contribution < -0.4 is 4.90 Å². The number of nitrogens with zero attached hydrogens (tertiary/aromatic N) is 2. The molecule has 0 bridgehead atoms. The molecule has 0 saturated carbocycles. The Morgan fingerprint density at radius 2 is 1.39 bits per heavy atom. The van der Waals surface area contributed by atoms with Crippen molar-refractivity contribution in [3.05, 3.63) is 76.2 Å². The molecule has 2 aliphatic heterocycles. The van der Waals surface area contributed by atoms with Gasteiger partial charge in [0.15, 0.2) is 11.6 Å². The molecule has 4 heteroatoms. The van der Waals surface area contributed by atoms with E-state index in [0.717, 1.165) is 71.0 Å². The summed E-state index contributed by atoms with van der Waals surface area (Å²) in [6.07, 6.45) is 21.5. The highest BCUT2D eigenvalue weighted by atomic mass is 16.1. The fraction of sp³-hybridized carbons (Fsp3) is 0.529. The molecule has 0 radical (unpaired) electrons. The second kappa shape index (κ2) is 10.0. The van der Waals surface area contributed by atoms with Crippen LogP contribution in [0.1, 0.15) is 75.3 Å². The zero-order valence-corrected chi connectivity index (χ0v) is 22.6. The van der Waals surface area contributed by atoms with Gasteiger partial charge in [0.25, 0.3) is 0 Å². The number of likely N-dealkylation sites (tertiary alicyclic amines) is 1. The van der Waals surface area contributed by atoms with Gasteiger partial charge in [-0.1, -0.05) is 18.2 Å². The standard InChI is InChI=1S/C34H40N2O2/c37-32-12-8-24-6-10-30(18-28(24)20-32)35-15-2-3-23(22-35)17-27-5-1-4-26-14-16-36(34(26)27)31-11-7-25-9-13-33(38)21-29(25)19-31/h1,4-5,18-21,23-25H,2-3,6-17,22H2. The molecule has 7 rings (SSSR count). The van der Waals surface area contributed by atoms with Gasteiger partial charge in [-0.25, -0.2) is 0 Å². The number of hydrogen-bond donors (Lipinski definition) is 0. The fourth-order valence-corrected chi connectivity index (χ4v) is 8.09. The summed E-state index contributed by atoms with van der Waals surface area (Å²) in [7, 11) is 0. The normalized spacial score (nSPS) is 29.1. The first-order valence-electron chi connectivity index (χ1n) is 15.1. The fourth-order valence-electron chi connectivity index (χ4n) is 8.09. The largest absolute Gasteiger partial charge is 0.375 e. The van der Waals surface area contributed by atoms with Crippen LogP contribution in [0.4, 0.5) is 5.69 Å². The second-order valence-corrected chi connectivity index (χ2v) is 12.5. The summed E-state index contributed by atoms with van der Waals surface area (Å²) < 4.78 is 0. The lowest BCUT2D eigenvalue weighted by atomic mass is 9.79. The minimum Gasteiger partial charge on any atom is -0.375 e. The summed E-state index contributed by atoms with van der Waals surface area (Å²) in [4.78, 5) is 29.4. The van der Waals surface area contributed by atoms with Crippen molar-refractivity contribution in [1.82, 2.24) is 4.90 Å². The molecule has 1 saturated heterocycles. The number of allylic oxidation sites excluding steroid dienone is 8. The Morgan fingerprint density at radius 1 is 0.711 bits per heavy atom. The molecule has 4 aliphatic carbocycles. The number of rotatable bonds is 4. The Hall–Kier alpha value is -2.88. The third-order valence-corrected chi connectivity index (χ3v) is 10.1. The number of fused-ring (bicyclic) bond motifs is 3. The molecule has 1 aromatic carbocycles. The highest BCUT2D eigenvalue weighted by Gasteiger charge is 2.32. The molecule has 4 nitrogen and oxygen atoms in total. The zero-order chi connectivity index (χ0) is 25.6. The van der Waals surface area contributed by atoms with E-state index in [0.29, 0.717) is 29.3 Å². The third kappa shape index (κ3) is 4.61. The van der Waals surface area contributed by atoms with Crippen LogP contribution in [0.2, 0.25) is 0 Å². The Labute approximate surface area is 227 Å². The topological polar surface area (TPSA) is 40.6 Å². The molecule has 6 aliphatic rings. The quantitative estimate of drug-likeness (QED) is 0.467. The van der Waals surface area contributed by atoms with E-state index < -0.39 is 0 Å². The van der Waals surface area contributed by atoms with Gasteiger partial charge in [0.2, 0.25) is 0 Å². The number of piperidine rings is 1. The van der Waals surface area contributed by atoms with Crippen molar-refractivity contribution in [3.8, 4) is 0 Å². The minimum atomic E-state index is 0.299. The lowest BCUT2D eigenvalue weighted by molar-refractivity contribution is -0.116. The molecule has 0 amide bonds. The Kier molecular flexibility index (Phi) is 6.38. The summed E-state index contributed by atoms with van der Waals surface area (Å²) in [6.45, 7) is 3.33. The molecule has 1 aromatic rings. The highest BCUT2D eigenvalue weighted by Crippen LogP contribution is 2.43. The third-order valence-electron chi connectivity index (χ3n) is 10.1.